The summed E-state index contributed by atoms with van der Waals surface area (Å²) >= 11 is 5.87. The van der Waals surface area contributed by atoms with Crippen molar-refractivity contribution in [3.8, 4) is 0 Å². The number of carbonyl (C=O) groups is 2. The maximum Gasteiger partial charge on any atom is 0.255 e. The molecule has 1 amide bonds. The van der Waals surface area contributed by atoms with Gasteiger partial charge in [-0.2, -0.15) is 0 Å². The predicted octanol–water partition coefficient (Wildman–Crippen LogP) is 3.41. The number of fused-ring (bicyclic) bond motifs is 1. The molecule has 0 N–H and O–H groups in total. The van der Waals surface area contributed by atoms with E-state index in [2.05, 4.69) is 9.97 Å². The molecule has 1 aromatic carbocycles. The Labute approximate surface area is 149 Å². The minimum absolute atomic E-state index is 0.0475. The van der Waals surface area contributed by atoms with Crippen molar-refractivity contribution in [2.75, 3.05) is 13.2 Å². The molecule has 25 heavy (non-hydrogen) atoms. The molecule has 1 aliphatic heterocycles. The molecule has 1 atom stereocenters. The highest BCUT2D eigenvalue weighted by molar-refractivity contribution is 6.28. The molecule has 0 aliphatic carbocycles. The van der Waals surface area contributed by atoms with E-state index in [0.717, 1.165) is 11.1 Å². The van der Waals surface area contributed by atoms with E-state index in [1.807, 2.05) is 25.1 Å². The highest BCUT2D eigenvalue weighted by atomic mass is 35.5. The number of nitrogens with zero attached hydrogens (tertiary/aromatic N) is 3. The van der Waals surface area contributed by atoms with E-state index in [9.17, 15) is 14.0 Å². The van der Waals surface area contributed by atoms with Gasteiger partial charge in [0.25, 0.3) is 5.91 Å². The molecule has 7 heteroatoms. The van der Waals surface area contributed by atoms with Crippen molar-refractivity contribution in [1.82, 2.24) is 14.9 Å². The van der Waals surface area contributed by atoms with Crippen LogP contribution in [0.1, 0.15) is 57.4 Å². The Morgan fingerprint density at radius 2 is 2.16 bits per heavy atom. The smallest absolute Gasteiger partial charge is 0.255 e. The number of amides is 1. The SMILES string of the molecule is CC(=O)c1cnc(Cl)nc1Cc1cccc2c1C(=O)N(CCF)C2C. The normalized spacial score (nSPS) is 16.2. The van der Waals surface area contributed by atoms with E-state index in [1.165, 1.54) is 18.0 Å². The molecule has 5 nitrogen and oxygen atoms in total. The van der Waals surface area contributed by atoms with Crippen LogP contribution in [0.15, 0.2) is 24.4 Å². The van der Waals surface area contributed by atoms with E-state index < -0.39 is 6.67 Å². The molecule has 0 saturated carbocycles. The fourth-order valence-electron chi connectivity index (χ4n) is 3.25. The van der Waals surface area contributed by atoms with Crippen LogP contribution in [0, 0.1) is 0 Å². The molecule has 2 heterocycles. The molecular weight excluding hydrogens is 345 g/mol. The summed E-state index contributed by atoms with van der Waals surface area (Å²) in [7, 11) is 0. The lowest BCUT2D eigenvalue weighted by molar-refractivity contribution is 0.0724. The van der Waals surface area contributed by atoms with Crippen LogP contribution >= 0.6 is 11.6 Å². The Bertz CT molecular complexity index is 856. The zero-order chi connectivity index (χ0) is 18.1. The molecule has 2 aromatic rings. The molecule has 130 valence electrons. The van der Waals surface area contributed by atoms with Crippen LogP contribution in [0.25, 0.3) is 0 Å². The third-order valence-corrected chi connectivity index (χ3v) is 4.66. The number of alkyl halides is 1. The summed E-state index contributed by atoms with van der Waals surface area (Å²) in [6.07, 6.45) is 1.68. The van der Waals surface area contributed by atoms with Gasteiger partial charge >= 0.3 is 0 Å². The van der Waals surface area contributed by atoms with Crippen LogP contribution in [-0.2, 0) is 6.42 Å². The second-order valence-electron chi connectivity index (χ2n) is 5.98. The van der Waals surface area contributed by atoms with Gasteiger partial charge in [-0.05, 0) is 36.6 Å². The minimum Gasteiger partial charge on any atom is -0.329 e. The Hall–Kier alpha value is -2.34. The van der Waals surface area contributed by atoms with Crippen LogP contribution in [0.5, 0.6) is 0 Å². The second-order valence-corrected chi connectivity index (χ2v) is 6.32. The van der Waals surface area contributed by atoms with Gasteiger partial charge in [0.05, 0.1) is 17.3 Å². The highest BCUT2D eigenvalue weighted by Gasteiger charge is 2.35. The zero-order valence-electron chi connectivity index (χ0n) is 13.9. The van der Waals surface area contributed by atoms with Crippen molar-refractivity contribution in [2.45, 2.75) is 26.3 Å². The van der Waals surface area contributed by atoms with Crippen molar-refractivity contribution >= 4 is 23.3 Å². The first-order chi connectivity index (χ1) is 11.9. The molecular formula is C18H17ClFN3O2. The van der Waals surface area contributed by atoms with Gasteiger partial charge in [0.1, 0.15) is 6.67 Å². The first-order valence-corrected chi connectivity index (χ1v) is 8.33. The summed E-state index contributed by atoms with van der Waals surface area (Å²) in [6.45, 7) is 2.79. The number of ketones is 1. The molecule has 0 bridgehead atoms. The summed E-state index contributed by atoms with van der Waals surface area (Å²) in [4.78, 5) is 34.1. The van der Waals surface area contributed by atoms with Crippen molar-refractivity contribution in [1.29, 1.82) is 0 Å². The van der Waals surface area contributed by atoms with Crippen LogP contribution < -0.4 is 0 Å². The number of hydrogen-bond donors (Lipinski definition) is 0. The van der Waals surface area contributed by atoms with Crippen LogP contribution in [-0.4, -0.2) is 39.8 Å². The van der Waals surface area contributed by atoms with Crippen molar-refractivity contribution in [2.24, 2.45) is 0 Å². The van der Waals surface area contributed by atoms with Gasteiger partial charge in [-0.25, -0.2) is 14.4 Å². The molecule has 3 rings (SSSR count). The lowest BCUT2D eigenvalue weighted by Gasteiger charge is -2.20. The maximum atomic E-state index is 12.8. The number of hydrogen-bond acceptors (Lipinski definition) is 4. The maximum absolute atomic E-state index is 12.8. The van der Waals surface area contributed by atoms with Crippen molar-refractivity contribution in [3.63, 3.8) is 0 Å². The predicted molar refractivity (Wildman–Crippen MR) is 91.7 cm³/mol. The quantitative estimate of drug-likeness (QED) is 0.604. The van der Waals surface area contributed by atoms with E-state index in [0.29, 0.717) is 16.8 Å². The topological polar surface area (TPSA) is 63.2 Å². The van der Waals surface area contributed by atoms with Crippen molar-refractivity contribution < 1.29 is 14.0 Å². The Kier molecular flexibility index (Phi) is 4.81. The number of carbonyl (C=O) groups excluding carboxylic acids is 2. The number of Topliss-reactive ketones (excluding diaryl/α,β-unsaturated/α-hetero) is 1. The summed E-state index contributed by atoms with van der Waals surface area (Å²) < 4.78 is 12.8. The first-order valence-electron chi connectivity index (χ1n) is 7.95. The molecule has 0 fully saturated rings. The summed E-state index contributed by atoms with van der Waals surface area (Å²) in [5.74, 6) is -0.363. The third kappa shape index (κ3) is 3.14. The molecule has 0 spiro atoms. The average molecular weight is 362 g/mol. The molecule has 1 unspecified atom stereocenters. The fraction of sp³-hybridized carbons (Fsp3) is 0.333. The first kappa shape index (κ1) is 17.5. The van der Waals surface area contributed by atoms with E-state index in [1.54, 1.807) is 0 Å². The van der Waals surface area contributed by atoms with Gasteiger partial charge in [0, 0.05) is 24.7 Å². The summed E-state index contributed by atoms with van der Waals surface area (Å²) in [5.41, 5.74) is 3.02. The molecule has 0 radical (unpaired) electrons. The number of aromatic nitrogens is 2. The largest absolute Gasteiger partial charge is 0.329 e. The van der Waals surface area contributed by atoms with E-state index in [-0.39, 0.29) is 36.0 Å². The Balaban J connectivity index is 2.04. The monoisotopic (exact) mass is 361 g/mol. The van der Waals surface area contributed by atoms with Gasteiger partial charge in [0.2, 0.25) is 5.28 Å². The lowest BCUT2D eigenvalue weighted by Crippen LogP contribution is -2.29. The minimum atomic E-state index is -0.588. The van der Waals surface area contributed by atoms with Gasteiger partial charge in [-0.1, -0.05) is 18.2 Å². The summed E-state index contributed by atoms with van der Waals surface area (Å²) in [6, 6.07) is 5.37. The standard InChI is InChI=1S/C18H17ClFN3O2/c1-10-13-5-3-4-12(16(13)17(25)23(10)7-6-20)8-15-14(11(2)24)9-21-18(19)22-15/h3-5,9-10H,6-8H2,1-2H3. The second kappa shape index (κ2) is 6.88. The number of benzene rings is 1. The highest BCUT2D eigenvalue weighted by Crippen LogP contribution is 2.35. The summed E-state index contributed by atoms with van der Waals surface area (Å²) in [5, 5.41) is 0.0475. The number of rotatable bonds is 5. The van der Waals surface area contributed by atoms with Crippen LogP contribution in [0.2, 0.25) is 5.28 Å². The van der Waals surface area contributed by atoms with Crippen molar-refractivity contribution in [3.05, 3.63) is 57.6 Å². The van der Waals surface area contributed by atoms with Gasteiger partial charge in [-0.3, -0.25) is 9.59 Å². The van der Waals surface area contributed by atoms with E-state index >= 15 is 0 Å². The lowest BCUT2D eigenvalue weighted by atomic mass is 9.95. The van der Waals surface area contributed by atoms with E-state index in [4.69, 9.17) is 11.6 Å². The third-order valence-electron chi connectivity index (χ3n) is 4.48. The Morgan fingerprint density at radius 1 is 1.40 bits per heavy atom. The number of halogens is 2. The van der Waals surface area contributed by atoms with Crippen LogP contribution in [0.4, 0.5) is 4.39 Å². The average Bonchev–Trinajstić information content (AvgIpc) is 2.81. The zero-order valence-corrected chi connectivity index (χ0v) is 14.7. The van der Waals surface area contributed by atoms with Gasteiger partial charge < -0.3 is 4.90 Å². The molecule has 1 aromatic heterocycles. The molecule has 0 saturated heterocycles. The Morgan fingerprint density at radius 3 is 2.84 bits per heavy atom. The fourth-order valence-corrected chi connectivity index (χ4v) is 3.40. The molecule has 1 aliphatic rings. The van der Waals surface area contributed by atoms with Gasteiger partial charge in [-0.15, -0.1) is 0 Å². The van der Waals surface area contributed by atoms with Crippen LogP contribution in [0.3, 0.4) is 0 Å². The van der Waals surface area contributed by atoms with Gasteiger partial charge in [0.15, 0.2) is 5.78 Å².